The zero-order valence-electron chi connectivity index (χ0n) is 11.0. The maximum atomic E-state index is 11.9. The minimum atomic E-state index is -0.552. The van der Waals surface area contributed by atoms with E-state index < -0.39 is 5.41 Å². The molecule has 1 saturated carbocycles. The molecule has 2 unspecified atom stereocenters. The highest BCUT2D eigenvalue weighted by molar-refractivity contribution is 5.76. The molecule has 16 heavy (non-hydrogen) atoms. The molecule has 0 heterocycles. The molecule has 0 aliphatic heterocycles. The van der Waals surface area contributed by atoms with Gasteiger partial charge in [-0.2, -0.15) is 0 Å². The van der Waals surface area contributed by atoms with E-state index in [0.717, 1.165) is 12.8 Å². The molecule has 1 aliphatic carbocycles. The Hall–Kier alpha value is -0.570. The largest absolute Gasteiger partial charge is 0.462 e. The molecule has 0 aromatic carbocycles. The van der Waals surface area contributed by atoms with Crippen LogP contribution in [0.5, 0.6) is 0 Å². The molecular weight excluding hydrogens is 202 g/mol. The van der Waals surface area contributed by atoms with E-state index in [1.807, 2.05) is 13.8 Å². The molecule has 3 nitrogen and oxygen atoms in total. The quantitative estimate of drug-likeness (QED) is 0.753. The summed E-state index contributed by atoms with van der Waals surface area (Å²) in [6.07, 6.45) is 3.33. The second-order valence-electron chi connectivity index (χ2n) is 6.03. The SMILES string of the molecule is CC1CC(C)CC(OC(=O)C(C)(C)CN)C1. The van der Waals surface area contributed by atoms with Gasteiger partial charge in [0.2, 0.25) is 0 Å². The maximum absolute atomic E-state index is 11.9. The van der Waals surface area contributed by atoms with E-state index in [0.29, 0.717) is 18.4 Å². The van der Waals surface area contributed by atoms with Crippen LogP contribution in [0.25, 0.3) is 0 Å². The second kappa shape index (κ2) is 5.17. The van der Waals surface area contributed by atoms with Gasteiger partial charge >= 0.3 is 5.97 Å². The van der Waals surface area contributed by atoms with E-state index >= 15 is 0 Å². The molecule has 0 spiro atoms. The lowest BCUT2D eigenvalue weighted by Gasteiger charge is -2.33. The summed E-state index contributed by atoms with van der Waals surface area (Å²) in [5.74, 6) is 1.16. The van der Waals surface area contributed by atoms with Crippen LogP contribution in [0.15, 0.2) is 0 Å². The predicted octanol–water partition coefficient (Wildman–Crippen LogP) is 2.34. The van der Waals surface area contributed by atoms with Crippen LogP contribution in [-0.4, -0.2) is 18.6 Å². The van der Waals surface area contributed by atoms with Gasteiger partial charge in [-0.3, -0.25) is 4.79 Å². The van der Waals surface area contributed by atoms with Crippen LogP contribution in [0.4, 0.5) is 0 Å². The van der Waals surface area contributed by atoms with Gasteiger partial charge in [0.25, 0.3) is 0 Å². The number of hydrogen-bond acceptors (Lipinski definition) is 3. The van der Waals surface area contributed by atoms with Gasteiger partial charge in [0.15, 0.2) is 0 Å². The summed E-state index contributed by atoms with van der Waals surface area (Å²) in [4.78, 5) is 11.9. The highest BCUT2D eigenvalue weighted by atomic mass is 16.5. The van der Waals surface area contributed by atoms with Crippen molar-refractivity contribution in [3.8, 4) is 0 Å². The van der Waals surface area contributed by atoms with Crippen molar-refractivity contribution in [3.63, 3.8) is 0 Å². The third kappa shape index (κ3) is 3.48. The third-order valence-corrected chi connectivity index (χ3v) is 3.47. The average Bonchev–Trinajstić information content (AvgIpc) is 2.15. The molecule has 2 atom stereocenters. The summed E-state index contributed by atoms with van der Waals surface area (Å²) in [5, 5.41) is 0. The topological polar surface area (TPSA) is 52.3 Å². The molecule has 0 aromatic heterocycles. The third-order valence-electron chi connectivity index (χ3n) is 3.47. The Morgan fingerprint density at radius 1 is 1.25 bits per heavy atom. The van der Waals surface area contributed by atoms with Crippen molar-refractivity contribution in [1.29, 1.82) is 0 Å². The van der Waals surface area contributed by atoms with Gasteiger partial charge in [0.1, 0.15) is 6.10 Å². The summed E-state index contributed by atoms with van der Waals surface area (Å²) in [7, 11) is 0. The van der Waals surface area contributed by atoms with Crippen LogP contribution in [0.1, 0.15) is 47.0 Å². The van der Waals surface area contributed by atoms with E-state index in [2.05, 4.69) is 13.8 Å². The fraction of sp³-hybridized carbons (Fsp3) is 0.923. The van der Waals surface area contributed by atoms with Gasteiger partial charge in [0.05, 0.1) is 5.41 Å². The molecule has 2 N–H and O–H groups in total. The molecule has 1 fully saturated rings. The number of rotatable bonds is 3. The Bertz CT molecular complexity index is 240. The van der Waals surface area contributed by atoms with Crippen LogP contribution in [0, 0.1) is 17.3 Å². The molecule has 0 radical (unpaired) electrons. The van der Waals surface area contributed by atoms with Gasteiger partial charge in [0, 0.05) is 6.54 Å². The van der Waals surface area contributed by atoms with Gasteiger partial charge in [-0.15, -0.1) is 0 Å². The Labute approximate surface area is 98.7 Å². The number of carbonyl (C=O) groups is 1. The monoisotopic (exact) mass is 227 g/mol. The van der Waals surface area contributed by atoms with E-state index in [1.165, 1.54) is 6.42 Å². The summed E-state index contributed by atoms with van der Waals surface area (Å²) < 4.78 is 5.57. The first-order valence-electron chi connectivity index (χ1n) is 6.26. The molecule has 1 rings (SSSR count). The van der Waals surface area contributed by atoms with E-state index in [4.69, 9.17) is 10.5 Å². The molecule has 94 valence electrons. The molecule has 0 saturated heterocycles. The lowest BCUT2D eigenvalue weighted by Crippen LogP contribution is -2.38. The Balaban J connectivity index is 2.51. The highest BCUT2D eigenvalue weighted by Crippen LogP contribution is 2.31. The van der Waals surface area contributed by atoms with Gasteiger partial charge < -0.3 is 10.5 Å². The zero-order valence-corrected chi connectivity index (χ0v) is 11.0. The molecule has 0 bridgehead atoms. The van der Waals surface area contributed by atoms with Crippen molar-refractivity contribution in [3.05, 3.63) is 0 Å². The molecule has 3 heteroatoms. The van der Waals surface area contributed by atoms with Crippen LogP contribution in [0.2, 0.25) is 0 Å². The van der Waals surface area contributed by atoms with Crippen molar-refractivity contribution in [1.82, 2.24) is 0 Å². The summed E-state index contributed by atoms with van der Waals surface area (Å²) in [6.45, 7) is 8.47. The lowest BCUT2D eigenvalue weighted by atomic mass is 9.81. The van der Waals surface area contributed by atoms with Crippen LogP contribution >= 0.6 is 0 Å². The summed E-state index contributed by atoms with van der Waals surface area (Å²) >= 11 is 0. The lowest BCUT2D eigenvalue weighted by molar-refractivity contribution is -0.162. The smallest absolute Gasteiger partial charge is 0.313 e. The fourth-order valence-corrected chi connectivity index (χ4v) is 2.36. The Morgan fingerprint density at radius 3 is 2.19 bits per heavy atom. The second-order valence-corrected chi connectivity index (χ2v) is 6.03. The van der Waals surface area contributed by atoms with Crippen molar-refractivity contribution in [2.75, 3.05) is 6.54 Å². The molecule has 0 amide bonds. The number of nitrogens with two attached hydrogens (primary N) is 1. The van der Waals surface area contributed by atoms with E-state index in [9.17, 15) is 4.79 Å². The molecule has 1 aliphatic rings. The molecule has 0 aromatic rings. The Kier molecular flexibility index (Phi) is 4.36. The fourth-order valence-electron chi connectivity index (χ4n) is 2.36. The standard InChI is InChI=1S/C13H25NO2/c1-9-5-10(2)7-11(6-9)16-12(15)13(3,4)8-14/h9-11H,5-8,14H2,1-4H3. The van der Waals surface area contributed by atoms with E-state index in [-0.39, 0.29) is 12.1 Å². The summed E-state index contributed by atoms with van der Waals surface area (Å²) in [6, 6.07) is 0. The van der Waals surface area contributed by atoms with Crippen molar-refractivity contribution >= 4 is 5.97 Å². The first kappa shape index (κ1) is 13.5. The zero-order chi connectivity index (χ0) is 12.3. The first-order chi connectivity index (χ1) is 7.35. The maximum Gasteiger partial charge on any atom is 0.313 e. The average molecular weight is 227 g/mol. The van der Waals surface area contributed by atoms with Gasteiger partial charge in [-0.05, 0) is 44.9 Å². The number of esters is 1. The minimum absolute atomic E-state index is 0.0945. The Morgan fingerprint density at radius 2 is 1.75 bits per heavy atom. The van der Waals surface area contributed by atoms with Crippen LogP contribution in [0.3, 0.4) is 0 Å². The van der Waals surface area contributed by atoms with Crippen molar-refractivity contribution < 1.29 is 9.53 Å². The van der Waals surface area contributed by atoms with Crippen molar-refractivity contribution in [2.24, 2.45) is 23.0 Å². The van der Waals surface area contributed by atoms with Crippen LogP contribution < -0.4 is 5.73 Å². The molecular formula is C13H25NO2. The number of carbonyl (C=O) groups excluding carboxylic acids is 1. The predicted molar refractivity (Wildman–Crippen MR) is 64.9 cm³/mol. The normalized spacial score (nSPS) is 31.2. The number of hydrogen-bond donors (Lipinski definition) is 1. The minimum Gasteiger partial charge on any atom is -0.462 e. The van der Waals surface area contributed by atoms with Gasteiger partial charge in [-0.1, -0.05) is 13.8 Å². The van der Waals surface area contributed by atoms with Crippen molar-refractivity contribution in [2.45, 2.75) is 53.1 Å². The first-order valence-corrected chi connectivity index (χ1v) is 6.26. The van der Waals surface area contributed by atoms with Crippen LogP contribution in [-0.2, 0) is 9.53 Å². The van der Waals surface area contributed by atoms with Gasteiger partial charge in [-0.25, -0.2) is 0 Å². The summed E-state index contributed by atoms with van der Waals surface area (Å²) in [5.41, 5.74) is 5.01. The highest BCUT2D eigenvalue weighted by Gasteiger charge is 2.32. The van der Waals surface area contributed by atoms with E-state index in [1.54, 1.807) is 0 Å². The number of ether oxygens (including phenoxy) is 1.